The molecule has 0 saturated carbocycles. The van der Waals surface area contributed by atoms with Crippen molar-refractivity contribution in [2.24, 2.45) is 0 Å². The lowest BCUT2D eigenvalue weighted by Crippen LogP contribution is -2.64. The molecule has 7 rings (SSSR count). The predicted molar refractivity (Wildman–Crippen MR) is 143 cm³/mol. The smallest absolute Gasteiger partial charge is 0.410 e. The Labute approximate surface area is 233 Å². The third kappa shape index (κ3) is 4.81. The number of rotatable bonds is 4. The van der Waals surface area contributed by atoms with Crippen molar-refractivity contribution in [2.45, 2.75) is 82.3 Å². The number of carbonyl (C=O) groups excluding carboxylic acids is 1. The van der Waals surface area contributed by atoms with Crippen molar-refractivity contribution >= 4 is 38.7 Å². The fourth-order valence-electron chi connectivity index (χ4n) is 6.70. The van der Waals surface area contributed by atoms with Crippen LogP contribution in [-0.2, 0) is 4.74 Å². The molecule has 0 aliphatic carbocycles. The van der Waals surface area contributed by atoms with E-state index in [9.17, 15) is 13.6 Å². The summed E-state index contributed by atoms with van der Waals surface area (Å²) >= 11 is 2.99. The number of ether oxygens (including phenoxy) is 2. The van der Waals surface area contributed by atoms with Crippen molar-refractivity contribution in [3.8, 4) is 6.01 Å². The number of halogens is 4. The van der Waals surface area contributed by atoms with E-state index in [0.717, 1.165) is 32.2 Å². The molecule has 4 atom stereocenters. The molecule has 5 aliphatic heterocycles. The molecule has 1 amide bonds. The summed E-state index contributed by atoms with van der Waals surface area (Å²) in [4.78, 5) is 27.8. The maximum absolute atomic E-state index is 15.3. The Kier molecular flexibility index (Phi) is 6.64. The second kappa shape index (κ2) is 9.64. The largest absolute Gasteiger partial charge is 0.461 e. The third-order valence-electron chi connectivity index (χ3n) is 8.45. The molecular weight excluding hydrogens is 579 g/mol. The SMILES string of the molecule is CC(C)(C)OC(=O)N1C[C@@H]2CC[C@@H]1CN2c1nc(OC[C@@]23CCCN2C[C@H](F)C3)nc2c(F)c(Br)c(F)cc12. The molecular formula is C27H33BrF3N5O3. The average Bonchev–Trinajstić information content (AvgIpc) is 3.41. The maximum atomic E-state index is 15.3. The van der Waals surface area contributed by atoms with Gasteiger partial charge in [-0.3, -0.25) is 4.90 Å². The summed E-state index contributed by atoms with van der Waals surface area (Å²) in [5, 5.41) is 0.238. The Morgan fingerprint density at radius 1 is 1.18 bits per heavy atom. The van der Waals surface area contributed by atoms with E-state index in [1.54, 1.807) is 4.90 Å². The number of aromatic nitrogens is 2. The molecule has 5 saturated heterocycles. The number of alkyl halides is 1. The first-order valence-corrected chi connectivity index (χ1v) is 14.4. The van der Waals surface area contributed by atoms with Gasteiger partial charge in [0.05, 0.1) is 16.1 Å². The molecule has 6 heterocycles. The van der Waals surface area contributed by atoms with Crippen LogP contribution in [0.1, 0.15) is 52.9 Å². The van der Waals surface area contributed by atoms with Crippen LogP contribution in [0, 0.1) is 11.6 Å². The fraction of sp³-hybridized carbons (Fsp3) is 0.667. The molecule has 0 unspecified atom stereocenters. The van der Waals surface area contributed by atoms with Crippen LogP contribution < -0.4 is 9.64 Å². The van der Waals surface area contributed by atoms with Gasteiger partial charge >= 0.3 is 12.1 Å². The third-order valence-corrected chi connectivity index (χ3v) is 9.17. The molecule has 12 heteroatoms. The Morgan fingerprint density at radius 2 is 1.95 bits per heavy atom. The average molecular weight is 612 g/mol. The molecule has 0 spiro atoms. The first-order chi connectivity index (χ1) is 18.4. The van der Waals surface area contributed by atoms with Crippen molar-refractivity contribution in [1.82, 2.24) is 19.8 Å². The second-order valence-corrected chi connectivity index (χ2v) is 13.0. The van der Waals surface area contributed by atoms with Crippen LogP contribution in [0.2, 0.25) is 0 Å². The van der Waals surface area contributed by atoms with Gasteiger partial charge < -0.3 is 19.3 Å². The number of piperidine rings is 2. The van der Waals surface area contributed by atoms with Crippen LogP contribution in [0.3, 0.4) is 0 Å². The van der Waals surface area contributed by atoms with E-state index in [1.807, 2.05) is 25.7 Å². The number of nitrogens with zero attached hydrogens (tertiary/aromatic N) is 5. The lowest BCUT2D eigenvalue weighted by molar-refractivity contribution is 0.000794. The second-order valence-electron chi connectivity index (χ2n) is 12.2. The zero-order valence-electron chi connectivity index (χ0n) is 22.4. The summed E-state index contributed by atoms with van der Waals surface area (Å²) in [6.45, 7) is 7.75. The van der Waals surface area contributed by atoms with Gasteiger partial charge in [-0.2, -0.15) is 9.97 Å². The summed E-state index contributed by atoms with van der Waals surface area (Å²) in [7, 11) is 0. The van der Waals surface area contributed by atoms with Gasteiger partial charge in [0.1, 0.15) is 35.5 Å². The van der Waals surface area contributed by atoms with Gasteiger partial charge in [-0.25, -0.2) is 18.0 Å². The molecule has 1 aromatic carbocycles. The van der Waals surface area contributed by atoms with E-state index in [4.69, 9.17) is 9.47 Å². The zero-order valence-corrected chi connectivity index (χ0v) is 23.9. The highest BCUT2D eigenvalue weighted by molar-refractivity contribution is 9.10. The summed E-state index contributed by atoms with van der Waals surface area (Å²) in [6.07, 6.45) is 2.48. The molecule has 8 nitrogen and oxygen atoms in total. The maximum Gasteiger partial charge on any atom is 0.410 e. The van der Waals surface area contributed by atoms with Crippen LogP contribution in [0.5, 0.6) is 6.01 Å². The standard InChI is InChI=1S/C27H33BrF3N5O3/c1-26(2,3)39-25(37)36-13-16-5-6-17(36)12-35(16)23-18-9-19(30)20(28)21(31)22(18)32-24(33-23)38-14-27-7-4-8-34(27)11-15(29)10-27/h9,15-17H,4-8,10-14H2,1-3H3/t15-,16+,17-,27+/m1/s1. The Hall–Kier alpha value is -2.34. The number of anilines is 1. The van der Waals surface area contributed by atoms with Crippen molar-refractivity contribution < 1.29 is 27.4 Å². The van der Waals surface area contributed by atoms with Crippen molar-refractivity contribution in [3.05, 3.63) is 22.2 Å². The van der Waals surface area contributed by atoms with E-state index < -0.39 is 28.9 Å². The number of fused-ring (bicyclic) bond motifs is 5. The first kappa shape index (κ1) is 26.9. The van der Waals surface area contributed by atoms with Crippen LogP contribution in [-0.4, -0.2) is 88.0 Å². The number of amides is 1. The predicted octanol–water partition coefficient (Wildman–Crippen LogP) is 5.21. The van der Waals surface area contributed by atoms with Gasteiger partial charge in [0.15, 0.2) is 5.82 Å². The van der Waals surface area contributed by atoms with E-state index in [2.05, 4.69) is 30.8 Å². The molecule has 5 fully saturated rings. The molecule has 212 valence electrons. The van der Waals surface area contributed by atoms with Crippen LogP contribution in [0.25, 0.3) is 10.9 Å². The summed E-state index contributed by atoms with van der Waals surface area (Å²) < 4.78 is 55.7. The van der Waals surface area contributed by atoms with Crippen LogP contribution >= 0.6 is 15.9 Å². The number of benzene rings is 1. The summed E-state index contributed by atoms with van der Waals surface area (Å²) in [5.74, 6) is -1.22. The minimum atomic E-state index is -0.907. The minimum Gasteiger partial charge on any atom is -0.461 e. The van der Waals surface area contributed by atoms with E-state index in [0.29, 0.717) is 31.9 Å². The first-order valence-electron chi connectivity index (χ1n) is 13.6. The Balaban J connectivity index is 1.33. The van der Waals surface area contributed by atoms with E-state index in [-0.39, 0.29) is 46.2 Å². The molecule has 1 aromatic heterocycles. The quantitative estimate of drug-likeness (QED) is 0.439. The highest BCUT2D eigenvalue weighted by atomic mass is 79.9. The molecule has 2 aromatic rings. The number of carbonyl (C=O) groups is 1. The Morgan fingerprint density at radius 3 is 2.67 bits per heavy atom. The van der Waals surface area contributed by atoms with Gasteiger partial charge in [0.2, 0.25) is 0 Å². The number of hydrogen-bond acceptors (Lipinski definition) is 7. The summed E-state index contributed by atoms with van der Waals surface area (Å²) in [6, 6.07) is 0.964. The number of hydrogen-bond donors (Lipinski definition) is 0. The molecule has 0 N–H and O–H groups in total. The van der Waals surface area contributed by atoms with Crippen molar-refractivity contribution in [2.75, 3.05) is 37.7 Å². The highest BCUT2D eigenvalue weighted by Crippen LogP contribution is 2.42. The fourth-order valence-corrected chi connectivity index (χ4v) is 7.00. The minimum absolute atomic E-state index is 0.0242. The van der Waals surface area contributed by atoms with Crippen molar-refractivity contribution in [1.29, 1.82) is 0 Å². The van der Waals surface area contributed by atoms with Crippen LogP contribution in [0.4, 0.5) is 23.8 Å². The Bertz CT molecular complexity index is 1310. The van der Waals surface area contributed by atoms with Crippen molar-refractivity contribution in [3.63, 3.8) is 0 Å². The zero-order chi connectivity index (χ0) is 27.7. The molecule has 5 aliphatic rings. The van der Waals surface area contributed by atoms with Gasteiger partial charge in [-0.15, -0.1) is 0 Å². The van der Waals surface area contributed by atoms with E-state index >= 15 is 4.39 Å². The normalized spacial score (nSPS) is 28.8. The highest BCUT2D eigenvalue weighted by Gasteiger charge is 2.49. The molecule has 0 radical (unpaired) electrons. The van der Waals surface area contributed by atoms with E-state index in [1.165, 1.54) is 6.07 Å². The topological polar surface area (TPSA) is 71.0 Å². The van der Waals surface area contributed by atoms with Gasteiger partial charge in [0, 0.05) is 37.5 Å². The molecule has 39 heavy (non-hydrogen) atoms. The van der Waals surface area contributed by atoms with Crippen LogP contribution in [0.15, 0.2) is 10.5 Å². The lowest BCUT2D eigenvalue weighted by atomic mass is 9.91. The van der Waals surface area contributed by atoms with Gasteiger partial charge in [0.25, 0.3) is 0 Å². The van der Waals surface area contributed by atoms with Gasteiger partial charge in [-0.1, -0.05) is 0 Å². The monoisotopic (exact) mass is 611 g/mol. The van der Waals surface area contributed by atoms with Gasteiger partial charge in [-0.05, 0) is 75.0 Å². The summed E-state index contributed by atoms with van der Waals surface area (Å²) in [5.41, 5.74) is -1.08. The number of piperazine rings is 1. The lowest BCUT2D eigenvalue weighted by Gasteiger charge is -2.51. The molecule has 2 bridgehead atoms.